The van der Waals surface area contributed by atoms with Gasteiger partial charge in [-0.1, -0.05) is 11.6 Å². The Kier molecular flexibility index (Phi) is 4.87. The molecule has 0 spiro atoms. The molecule has 126 valence electrons. The second-order valence-electron chi connectivity index (χ2n) is 6.34. The van der Waals surface area contributed by atoms with Crippen LogP contribution in [0.5, 0.6) is 0 Å². The first-order valence-corrected chi connectivity index (χ1v) is 8.06. The van der Waals surface area contributed by atoms with Gasteiger partial charge in [-0.3, -0.25) is 9.69 Å². The maximum atomic E-state index is 13.1. The summed E-state index contributed by atoms with van der Waals surface area (Å²) in [5, 5.41) is 9.63. The fraction of sp³-hybridized carbons (Fsp3) is 0.562. The zero-order valence-corrected chi connectivity index (χ0v) is 13.6. The van der Waals surface area contributed by atoms with Crippen LogP contribution >= 0.6 is 11.6 Å². The number of rotatable bonds is 4. The van der Waals surface area contributed by atoms with Crippen molar-refractivity contribution in [2.24, 2.45) is 5.41 Å². The van der Waals surface area contributed by atoms with Gasteiger partial charge in [0.1, 0.15) is 5.82 Å². The lowest BCUT2D eigenvalue weighted by Gasteiger charge is -2.45. The summed E-state index contributed by atoms with van der Waals surface area (Å²) in [5.41, 5.74) is 0.188. The van der Waals surface area contributed by atoms with Crippen LogP contribution in [0.2, 0.25) is 5.02 Å². The number of halogens is 2. The molecule has 0 bridgehead atoms. The van der Waals surface area contributed by atoms with Gasteiger partial charge in [0.25, 0.3) is 5.91 Å². The first kappa shape index (κ1) is 16.6. The van der Waals surface area contributed by atoms with Crippen molar-refractivity contribution in [3.8, 4) is 0 Å². The number of benzene rings is 1. The molecule has 0 aromatic heterocycles. The molecule has 1 aromatic carbocycles. The van der Waals surface area contributed by atoms with E-state index in [2.05, 4.69) is 4.90 Å². The SMILES string of the molecule is O=C(c1ccc(F)cc1Cl)N1CCN(CC2(CO)COC2)CC1. The van der Waals surface area contributed by atoms with Crippen molar-refractivity contribution in [1.29, 1.82) is 0 Å². The smallest absolute Gasteiger partial charge is 0.255 e. The second-order valence-corrected chi connectivity index (χ2v) is 6.75. The van der Waals surface area contributed by atoms with E-state index in [0.717, 1.165) is 25.7 Å². The molecule has 2 heterocycles. The quantitative estimate of drug-likeness (QED) is 0.894. The van der Waals surface area contributed by atoms with Gasteiger partial charge in [0.05, 0.1) is 35.8 Å². The van der Waals surface area contributed by atoms with Crippen molar-refractivity contribution in [3.05, 3.63) is 34.6 Å². The lowest BCUT2D eigenvalue weighted by atomic mass is 9.86. The van der Waals surface area contributed by atoms with Gasteiger partial charge in [0.2, 0.25) is 0 Å². The molecule has 1 amide bonds. The summed E-state index contributed by atoms with van der Waals surface area (Å²) in [7, 11) is 0. The fourth-order valence-electron chi connectivity index (χ4n) is 3.04. The van der Waals surface area contributed by atoms with E-state index in [9.17, 15) is 14.3 Å². The summed E-state index contributed by atoms with van der Waals surface area (Å²) in [6.45, 7) is 4.75. The monoisotopic (exact) mass is 342 g/mol. The molecule has 2 fully saturated rings. The molecule has 0 saturated carbocycles. The number of hydrogen-bond donors (Lipinski definition) is 1. The molecule has 0 aliphatic carbocycles. The van der Waals surface area contributed by atoms with Gasteiger partial charge >= 0.3 is 0 Å². The summed E-state index contributed by atoms with van der Waals surface area (Å²) in [4.78, 5) is 16.5. The van der Waals surface area contributed by atoms with Crippen LogP contribution in [0.3, 0.4) is 0 Å². The standard InChI is InChI=1S/C16H20ClFN2O3/c17-14-7-12(18)1-2-13(14)15(22)20-5-3-19(4-6-20)8-16(9-21)10-23-11-16/h1-2,7,21H,3-6,8-11H2. The zero-order valence-electron chi connectivity index (χ0n) is 12.8. The van der Waals surface area contributed by atoms with Gasteiger partial charge in [0, 0.05) is 32.7 Å². The molecular weight excluding hydrogens is 323 g/mol. The van der Waals surface area contributed by atoms with E-state index in [1.54, 1.807) is 4.90 Å². The molecule has 1 N–H and O–H groups in total. The average Bonchev–Trinajstić information content (AvgIpc) is 2.51. The summed E-state index contributed by atoms with van der Waals surface area (Å²) in [6, 6.07) is 3.84. The average molecular weight is 343 g/mol. The van der Waals surface area contributed by atoms with Crippen LogP contribution in [0.25, 0.3) is 0 Å². The highest BCUT2D eigenvalue weighted by Gasteiger charge is 2.40. The van der Waals surface area contributed by atoms with Crippen molar-refractivity contribution in [2.75, 3.05) is 52.5 Å². The van der Waals surface area contributed by atoms with Gasteiger partial charge in [0.15, 0.2) is 0 Å². The third-order valence-electron chi connectivity index (χ3n) is 4.53. The molecule has 5 nitrogen and oxygen atoms in total. The highest BCUT2D eigenvalue weighted by atomic mass is 35.5. The van der Waals surface area contributed by atoms with E-state index >= 15 is 0 Å². The molecule has 1 aromatic rings. The maximum absolute atomic E-state index is 13.1. The largest absolute Gasteiger partial charge is 0.396 e. The van der Waals surface area contributed by atoms with Gasteiger partial charge in [-0.15, -0.1) is 0 Å². The molecule has 0 unspecified atom stereocenters. The third-order valence-corrected chi connectivity index (χ3v) is 4.84. The number of aliphatic hydroxyl groups excluding tert-OH is 1. The normalized spacial score (nSPS) is 21.1. The second kappa shape index (κ2) is 6.73. The number of ether oxygens (including phenoxy) is 1. The Morgan fingerprint density at radius 3 is 2.52 bits per heavy atom. The van der Waals surface area contributed by atoms with Gasteiger partial charge in [-0.25, -0.2) is 4.39 Å². The van der Waals surface area contributed by atoms with Crippen molar-refractivity contribution < 1.29 is 19.0 Å². The number of carbonyl (C=O) groups is 1. The zero-order chi connectivity index (χ0) is 16.4. The van der Waals surface area contributed by atoms with E-state index in [0.29, 0.717) is 31.9 Å². The molecule has 2 aliphatic heterocycles. The minimum Gasteiger partial charge on any atom is -0.396 e. The van der Waals surface area contributed by atoms with Crippen LogP contribution in [-0.4, -0.2) is 73.4 Å². The van der Waals surface area contributed by atoms with Crippen LogP contribution in [0.1, 0.15) is 10.4 Å². The van der Waals surface area contributed by atoms with Crippen LogP contribution in [-0.2, 0) is 4.74 Å². The van der Waals surface area contributed by atoms with E-state index in [4.69, 9.17) is 16.3 Å². The summed E-state index contributed by atoms with van der Waals surface area (Å²) in [6.07, 6.45) is 0. The molecule has 3 rings (SSSR count). The molecule has 7 heteroatoms. The number of piperazine rings is 1. The van der Waals surface area contributed by atoms with Crippen LogP contribution in [0, 0.1) is 11.2 Å². The number of nitrogens with zero attached hydrogens (tertiary/aromatic N) is 2. The van der Waals surface area contributed by atoms with Crippen molar-refractivity contribution in [1.82, 2.24) is 9.80 Å². The Balaban J connectivity index is 1.57. The van der Waals surface area contributed by atoms with E-state index in [1.807, 2.05) is 0 Å². The third kappa shape index (κ3) is 3.50. The number of aliphatic hydroxyl groups is 1. The molecule has 0 atom stereocenters. The predicted molar refractivity (Wildman–Crippen MR) is 84.1 cm³/mol. The molecule has 2 saturated heterocycles. The maximum Gasteiger partial charge on any atom is 0.255 e. The summed E-state index contributed by atoms with van der Waals surface area (Å²) in [5.74, 6) is -0.619. The molecular formula is C16H20ClFN2O3. The Hall–Kier alpha value is -1.21. The summed E-state index contributed by atoms with van der Waals surface area (Å²) < 4.78 is 18.3. The first-order valence-electron chi connectivity index (χ1n) is 7.68. The highest BCUT2D eigenvalue weighted by molar-refractivity contribution is 6.33. The Labute approximate surface area is 139 Å². The van der Waals surface area contributed by atoms with Crippen molar-refractivity contribution in [3.63, 3.8) is 0 Å². The molecule has 23 heavy (non-hydrogen) atoms. The first-order chi connectivity index (χ1) is 11.0. The van der Waals surface area contributed by atoms with E-state index in [1.165, 1.54) is 12.1 Å². The number of amides is 1. The van der Waals surface area contributed by atoms with Crippen LogP contribution in [0.4, 0.5) is 4.39 Å². The molecule has 2 aliphatic rings. The Morgan fingerprint density at radius 1 is 1.30 bits per heavy atom. The number of carbonyl (C=O) groups excluding carboxylic acids is 1. The van der Waals surface area contributed by atoms with Crippen LogP contribution < -0.4 is 0 Å². The van der Waals surface area contributed by atoms with E-state index < -0.39 is 5.82 Å². The Bertz CT molecular complexity index is 581. The highest BCUT2D eigenvalue weighted by Crippen LogP contribution is 2.28. The number of hydrogen-bond acceptors (Lipinski definition) is 4. The fourth-order valence-corrected chi connectivity index (χ4v) is 3.29. The topological polar surface area (TPSA) is 53.0 Å². The lowest BCUT2D eigenvalue weighted by Crippen LogP contribution is -2.57. The predicted octanol–water partition coefficient (Wildman–Crippen LogP) is 1.25. The summed E-state index contributed by atoms with van der Waals surface area (Å²) >= 11 is 5.97. The lowest BCUT2D eigenvalue weighted by molar-refractivity contribution is -0.150. The molecule has 0 radical (unpaired) electrons. The van der Waals surface area contributed by atoms with Gasteiger partial charge in [-0.2, -0.15) is 0 Å². The minimum atomic E-state index is -0.451. The van der Waals surface area contributed by atoms with Gasteiger partial charge in [-0.05, 0) is 18.2 Å². The Morgan fingerprint density at radius 2 is 2.00 bits per heavy atom. The van der Waals surface area contributed by atoms with E-state index in [-0.39, 0.29) is 23.0 Å². The van der Waals surface area contributed by atoms with Gasteiger partial charge < -0.3 is 14.7 Å². The van der Waals surface area contributed by atoms with Crippen LogP contribution in [0.15, 0.2) is 18.2 Å². The van der Waals surface area contributed by atoms with Crippen molar-refractivity contribution in [2.45, 2.75) is 0 Å². The van der Waals surface area contributed by atoms with Crippen molar-refractivity contribution >= 4 is 17.5 Å². The minimum absolute atomic E-state index is 0.122.